The number of rotatable bonds is 5. The van der Waals surface area contributed by atoms with Crippen LogP contribution in [0, 0.1) is 0 Å². The highest BCUT2D eigenvalue weighted by Gasteiger charge is 2.07. The average molecular weight is 383 g/mol. The summed E-state index contributed by atoms with van der Waals surface area (Å²) in [5, 5.41) is 2.83. The van der Waals surface area contributed by atoms with E-state index < -0.39 is 0 Å². The van der Waals surface area contributed by atoms with Crippen molar-refractivity contribution in [2.45, 2.75) is 6.61 Å². The van der Waals surface area contributed by atoms with Crippen molar-refractivity contribution in [1.82, 2.24) is 4.98 Å². The Morgan fingerprint density at radius 1 is 1.04 bits per heavy atom. The fraction of sp³-hybridized carbons (Fsp3) is 0.0526. The van der Waals surface area contributed by atoms with Crippen molar-refractivity contribution in [3.63, 3.8) is 0 Å². The Balaban J connectivity index is 1.59. The van der Waals surface area contributed by atoms with Crippen molar-refractivity contribution < 1.29 is 9.53 Å². The van der Waals surface area contributed by atoms with Gasteiger partial charge in [0.2, 0.25) is 0 Å². The molecule has 1 amide bonds. The fourth-order valence-electron chi connectivity index (χ4n) is 2.11. The van der Waals surface area contributed by atoms with Gasteiger partial charge in [0.15, 0.2) is 0 Å². The molecule has 0 saturated carbocycles. The number of ether oxygens (including phenoxy) is 1. The number of nitrogens with one attached hydrogen (secondary N) is 1. The van der Waals surface area contributed by atoms with Crippen LogP contribution in [-0.2, 0) is 6.61 Å². The van der Waals surface area contributed by atoms with E-state index in [4.69, 9.17) is 4.74 Å². The third kappa shape index (κ3) is 4.43. The van der Waals surface area contributed by atoms with E-state index in [1.165, 1.54) is 6.20 Å². The van der Waals surface area contributed by atoms with E-state index in [1.54, 1.807) is 12.3 Å². The Kier molecular flexibility index (Phi) is 5.23. The van der Waals surface area contributed by atoms with Crippen LogP contribution in [0.5, 0.6) is 5.75 Å². The molecule has 0 saturated heterocycles. The van der Waals surface area contributed by atoms with Crippen LogP contribution in [0.2, 0.25) is 0 Å². The van der Waals surface area contributed by atoms with Gasteiger partial charge in [-0.25, -0.2) is 0 Å². The fourth-order valence-corrected chi connectivity index (χ4v) is 2.48. The average Bonchev–Trinajstić information content (AvgIpc) is 2.62. The van der Waals surface area contributed by atoms with Crippen molar-refractivity contribution in [3.8, 4) is 5.75 Å². The Morgan fingerprint density at radius 3 is 2.50 bits per heavy atom. The standard InChI is InChI=1S/C19H15BrN2O2/c20-16-10-15(11-21-12-16)19(23)22-17-6-8-18(9-7-17)24-13-14-4-2-1-3-5-14/h1-12H,13H2,(H,22,23). The highest BCUT2D eigenvalue weighted by atomic mass is 79.9. The molecule has 5 heteroatoms. The minimum Gasteiger partial charge on any atom is -0.489 e. The van der Waals surface area contributed by atoms with Crippen LogP contribution >= 0.6 is 15.9 Å². The number of hydrogen-bond donors (Lipinski definition) is 1. The lowest BCUT2D eigenvalue weighted by atomic mass is 10.2. The lowest BCUT2D eigenvalue weighted by molar-refractivity contribution is 0.102. The normalized spacial score (nSPS) is 10.2. The van der Waals surface area contributed by atoms with Crippen LogP contribution in [0.1, 0.15) is 15.9 Å². The van der Waals surface area contributed by atoms with Crippen molar-refractivity contribution in [2.24, 2.45) is 0 Å². The molecule has 120 valence electrons. The molecule has 1 heterocycles. The second kappa shape index (κ2) is 7.75. The van der Waals surface area contributed by atoms with Crippen molar-refractivity contribution in [3.05, 3.63) is 88.7 Å². The summed E-state index contributed by atoms with van der Waals surface area (Å²) in [7, 11) is 0. The first kappa shape index (κ1) is 16.2. The molecule has 0 bridgehead atoms. The molecule has 0 radical (unpaired) electrons. The summed E-state index contributed by atoms with van der Waals surface area (Å²) in [5.41, 5.74) is 2.30. The first-order chi connectivity index (χ1) is 11.7. The van der Waals surface area contributed by atoms with E-state index in [2.05, 4.69) is 26.2 Å². The van der Waals surface area contributed by atoms with Gasteiger partial charge < -0.3 is 10.1 Å². The number of carbonyl (C=O) groups is 1. The lowest BCUT2D eigenvalue weighted by Gasteiger charge is -2.08. The SMILES string of the molecule is O=C(Nc1ccc(OCc2ccccc2)cc1)c1cncc(Br)c1. The molecular formula is C19H15BrN2O2. The Hall–Kier alpha value is -2.66. The van der Waals surface area contributed by atoms with Gasteiger partial charge in [-0.1, -0.05) is 30.3 Å². The van der Waals surface area contributed by atoms with E-state index in [9.17, 15) is 4.79 Å². The van der Waals surface area contributed by atoms with Gasteiger partial charge in [0.05, 0.1) is 5.56 Å². The minimum atomic E-state index is -0.207. The van der Waals surface area contributed by atoms with Crippen molar-refractivity contribution in [1.29, 1.82) is 0 Å². The van der Waals surface area contributed by atoms with E-state index >= 15 is 0 Å². The Labute approximate surface area is 148 Å². The lowest BCUT2D eigenvalue weighted by Crippen LogP contribution is -2.12. The zero-order valence-electron chi connectivity index (χ0n) is 12.8. The van der Waals surface area contributed by atoms with E-state index in [1.807, 2.05) is 54.6 Å². The summed E-state index contributed by atoms with van der Waals surface area (Å²) >= 11 is 3.30. The number of halogens is 1. The molecule has 4 nitrogen and oxygen atoms in total. The van der Waals surface area contributed by atoms with Gasteiger partial charge in [-0.2, -0.15) is 0 Å². The molecule has 0 unspecified atom stereocenters. The Bertz CT molecular complexity index is 820. The molecule has 24 heavy (non-hydrogen) atoms. The van der Waals surface area contributed by atoms with Crippen LogP contribution in [-0.4, -0.2) is 10.9 Å². The largest absolute Gasteiger partial charge is 0.489 e. The molecule has 2 aromatic carbocycles. The molecule has 1 N–H and O–H groups in total. The minimum absolute atomic E-state index is 0.207. The summed E-state index contributed by atoms with van der Waals surface area (Å²) < 4.78 is 6.49. The second-order valence-electron chi connectivity index (χ2n) is 5.14. The molecule has 1 aromatic heterocycles. The highest BCUT2D eigenvalue weighted by Crippen LogP contribution is 2.18. The van der Waals surface area contributed by atoms with Crippen molar-refractivity contribution in [2.75, 3.05) is 5.32 Å². The highest BCUT2D eigenvalue weighted by molar-refractivity contribution is 9.10. The number of nitrogens with zero attached hydrogens (tertiary/aromatic N) is 1. The third-order valence-corrected chi connectivity index (χ3v) is 3.76. The van der Waals surface area contributed by atoms with E-state index in [0.29, 0.717) is 17.9 Å². The smallest absolute Gasteiger partial charge is 0.257 e. The molecule has 0 atom stereocenters. The summed E-state index contributed by atoms with van der Waals surface area (Å²) in [4.78, 5) is 16.1. The molecular weight excluding hydrogens is 368 g/mol. The predicted octanol–water partition coefficient (Wildman–Crippen LogP) is 4.68. The second-order valence-corrected chi connectivity index (χ2v) is 6.06. The molecule has 0 aliphatic rings. The molecule has 0 spiro atoms. The molecule has 3 aromatic rings. The van der Waals surface area contributed by atoms with E-state index in [0.717, 1.165) is 15.8 Å². The zero-order valence-corrected chi connectivity index (χ0v) is 14.4. The number of carbonyl (C=O) groups excluding carboxylic acids is 1. The molecule has 0 fully saturated rings. The summed E-state index contributed by atoms with van der Waals surface area (Å²) in [6.07, 6.45) is 3.16. The van der Waals surface area contributed by atoms with Gasteiger partial charge in [-0.3, -0.25) is 9.78 Å². The van der Waals surface area contributed by atoms with Gasteiger partial charge in [0.25, 0.3) is 5.91 Å². The first-order valence-electron chi connectivity index (χ1n) is 7.39. The summed E-state index contributed by atoms with van der Waals surface area (Å²) in [6, 6.07) is 19.0. The molecule has 0 aliphatic heterocycles. The van der Waals surface area contributed by atoms with Crippen LogP contribution in [0.3, 0.4) is 0 Å². The monoisotopic (exact) mass is 382 g/mol. The third-order valence-electron chi connectivity index (χ3n) is 3.33. The summed E-state index contributed by atoms with van der Waals surface area (Å²) in [5.74, 6) is 0.544. The van der Waals surface area contributed by atoms with Gasteiger partial charge in [0.1, 0.15) is 12.4 Å². The maximum atomic E-state index is 12.2. The van der Waals surface area contributed by atoms with E-state index in [-0.39, 0.29) is 5.91 Å². The topological polar surface area (TPSA) is 51.2 Å². The van der Waals surface area contributed by atoms with Gasteiger partial charge in [-0.05, 0) is 51.8 Å². The van der Waals surface area contributed by atoms with Crippen LogP contribution in [0.4, 0.5) is 5.69 Å². The van der Waals surface area contributed by atoms with Gasteiger partial charge in [0, 0.05) is 22.6 Å². The van der Waals surface area contributed by atoms with Crippen molar-refractivity contribution >= 4 is 27.5 Å². The first-order valence-corrected chi connectivity index (χ1v) is 8.19. The maximum absolute atomic E-state index is 12.2. The molecule has 0 aliphatic carbocycles. The quantitative estimate of drug-likeness (QED) is 0.696. The van der Waals surface area contributed by atoms with Crippen LogP contribution in [0.25, 0.3) is 0 Å². The van der Waals surface area contributed by atoms with Crippen LogP contribution in [0.15, 0.2) is 77.5 Å². The number of benzene rings is 2. The number of hydrogen-bond acceptors (Lipinski definition) is 3. The van der Waals surface area contributed by atoms with Crippen LogP contribution < -0.4 is 10.1 Å². The number of amides is 1. The predicted molar refractivity (Wildman–Crippen MR) is 97.1 cm³/mol. The Morgan fingerprint density at radius 2 is 1.79 bits per heavy atom. The van der Waals surface area contributed by atoms with Gasteiger partial charge >= 0.3 is 0 Å². The molecule has 3 rings (SSSR count). The van der Waals surface area contributed by atoms with Gasteiger partial charge in [-0.15, -0.1) is 0 Å². The maximum Gasteiger partial charge on any atom is 0.257 e. The number of pyridine rings is 1. The zero-order chi connectivity index (χ0) is 16.8. The number of aromatic nitrogens is 1. The summed E-state index contributed by atoms with van der Waals surface area (Å²) in [6.45, 7) is 0.510. The number of anilines is 1.